The van der Waals surface area contributed by atoms with Crippen LogP contribution in [0.5, 0.6) is 5.75 Å². The summed E-state index contributed by atoms with van der Waals surface area (Å²) in [6.07, 6.45) is 1.10. The van der Waals surface area contributed by atoms with Crippen molar-refractivity contribution < 1.29 is 13.9 Å². The molecule has 0 heterocycles. The molecule has 0 unspecified atom stereocenters. The predicted octanol–water partition coefficient (Wildman–Crippen LogP) is 2.10. The zero-order chi connectivity index (χ0) is 9.68. The monoisotopic (exact) mass is 182 g/mol. The van der Waals surface area contributed by atoms with Crippen molar-refractivity contribution in [3.05, 3.63) is 29.6 Å². The molecular weight excluding hydrogens is 171 g/mol. The number of carbonyl (C=O) groups is 1. The zero-order valence-electron chi connectivity index (χ0n) is 7.42. The third kappa shape index (κ3) is 2.86. The molecule has 0 N–H and O–H groups in total. The van der Waals surface area contributed by atoms with Crippen LogP contribution in [0, 0.1) is 12.7 Å². The summed E-state index contributed by atoms with van der Waals surface area (Å²) in [5, 5.41) is 0. The van der Waals surface area contributed by atoms with Gasteiger partial charge in [0.05, 0.1) is 6.61 Å². The third-order valence-electron chi connectivity index (χ3n) is 1.65. The van der Waals surface area contributed by atoms with Gasteiger partial charge in [0.1, 0.15) is 17.9 Å². The molecule has 0 aliphatic rings. The fourth-order valence-corrected chi connectivity index (χ4v) is 0.888. The van der Waals surface area contributed by atoms with E-state index in [1.807, 2.05) is 0 Å². The lowest BCUT2D eigenvalue weighted by molar-refractivity contribution is -0.108. The van der Waals surface area contributed by atoms with E-state index < -0.39 is 0 Å². The van der Waals surface area contributed by atoms with Gasteiger partial charge in [-0.05, 0) is 18.6 Å². The van der Waals surface area contributed by atoms with Crippen LogP contribution in [0.25, 0.3) is 0 Å². The maximum absolute atomic E-state index is 12.9. The van der Waals surface area contributed by atoms with E-state index in [0.29, 0.717) is 24.3 Å². The number of ether oxygens (including phenoxy) is 1. The van der Waals surface area contributed by atoms with Crippen LogP contribution in [0.2, 0.25) is 0 Å². The highest BCUT2D eigenvalue weighted by molar-refractivity contribution is 5.49. The van der Waals surface area contributed by atoms with E-state index in [9.17, 15) is 9.18 Å². The topological polar surface area (TPSA) is 26.3 Å². The van der Waals surface area contributed by atoms with Crippen LogP contribution in [-0.4, -0.2) is 12.9 Å². The van der Waals surface area contributed by atoms with Crippen molar-refractivity contribution in [2.45, 2.75) is 13.3 Å². The molecule has 1 rings (SSSR count). The van der Waals surface area contributed by atoms with Crippen LogP contribution in [-0.2, 0) is 4.79 Å². The molecule has 0 aliphatic carbocycles. The van der Waals surface area contributed by atoms with Crippen LogP contribution in [0.4, 0.5) is 4.39 Å². The van der Waals surface area contributed by atoms with Crippen molar-refractivity contribution in [2.75, 3.05) is 6.61 Å². The van der Waals surface area contributed by atoms with E-state index in [1.165, 1.54) is 6.07 Å². The largest absolute Gasteiger partial charge is 0.493 e. The summed E-state index contributed by atoms with van der Waals surface area (Å²) in [6.45, 7) is 1.98. The molecule has 0 radical (unpaired) electrons. The molecule has 0 bridgehead atoms. The standard InChI is InChI=1S/C10H11FO2/c1-8-3-4-9(7-10(8)11)13-6-2-5-12/h3-5,7H,2,6H2,1H3. The Hall–Kier alpha value is -1.38. The summed E-state index contributed by atoms with van der Waals surface area (Å²) >= 11 is 0. The first-order valence-electron chi connectivity index (χ1n) is 4.06. The van der Waals surface area contributed by atoms with Crippen LogP contribution in [0.1, 0.15) is 12.0 Å². The number of aldehydes is 1. The quantitative estimate of drug-likeness (QED) is 0.526. The second kappa shape index (κ2) is 4.60. The second-order valence-electron chi connectivity index (χ2n) is 2.71. The average molecular weight is 182 g/mol. The van der Waals surface area contributed by atoms with Crippen LogP contribution < -0.4 is 4.74 Å². The van der Waals surface area contributed by atoms with Gasteiger partial charge in [-0.1, -0.05) is 6.07 Å². The molecule has 0 saturated carbocycles. The summed E-state index contributed by atoms with van der Waals surface area (Å²) in [5.41, 5.74) is 0.586. The molecular formula is C10H11FO2. The molecule has 0 amide bonds. The Morgan fingerprint density at radius 1 is 1.54 bits per heavy atom. The Morgan fingerprint density at radius 2 is 2.31 bits per heavy atom. The molecule has 0 atom stereocenters. The molecule has 0 saturated heterocycles. The van der Waals surface area contributed by atoms with Gasteiger partial charge in [-0.3, -0.25) is 0 Å². The minimum atomic E-state index is -0.288. The maximum Gasteiger partial charge on any atom is 0.129 e. The Balaban J connectivity index is 2.57. The first-order valence-corrected chi connectivity index (χ1v) is 4.06. The van der Waals surface area contributed by atoms with Gasteiger partial charge in [0.15, 0.2) is 0 Å². The predicted molar refractivity (Wildman–Crippen MR) is 47.3 cm³/mol. The summed E-state index contributed by atoms with van der Waals surface area (Å²) in [7, 11) is 0. The average Bonchev–Trinajstić information content (AvgIpc) is 2.12. The van der Waals surface area contributed by atoms with Gasteiger partial charge in [0.2, 0.25) is 0 Å². The van der Waals surface area contributed by atoms with Gasteiger partial charge >= 0.3 is 0 Å². The summed E-state index contributed by atoms with van der Waals surface area (Å²) in [6, 6.07) is 4.65. The lowest BCUT2D eigenvalue weighted by Crippen LogP contribution is -1.98. The van der Waals surface area contributed by atoms with Gasteiger partial charge in [0.25, 0.3) is 0 Å². The SMILES string of the molecule is Cc1ccc(OCCC=O)cc1F. The highest BCUT2D eigenvalue weighted by Crippen LogP contribution is 2.15. The number of benzene rings is 1. The number of rotatable bonds is 4. The Labute approximate surface area is 76.3 Å². The highest BCUT2D eigenvalue weighted by Gasteiger charge is 1.99. The van der Waals surface area contributed by atoms with Gasteiger partial charge in [-0.2, -0.15) is 0 Å². The summed E-state index contributed by atoms with van der Waals surface area (Å²) < 4.78 is 18.0. The number of hydrogen-bond acceptors (Lipinski definition) is 2. The maximum atomic E-state index is 12.9. The van der Waals surface area contributed by atoms with Crippen LogP contribution in [0.3, 0.4) is 0 Å². The lowest BCUT2D eigenvalue weighted by Gasteiger charge is -2.04. The lowest BCUT2D eigenvalue weighted by atomic mass is 10.2. The van der Waals surface area contributed by atoms with Gasteiger partial charge in [0, 0.05) is 12.5 Å². The summed E-state index contributed by atoms with van der Waals surface area (Å²) in [4.78, 5) is 9.96. The van der Waals surface area contributed by atoms with Crippen molar-refractivity contribution in [3.63, 3.8) is 0 Å². The third-order valence-corrected chi connectivity index (χ3v) is 1.65. The molecule has 0 aliphatic heterocycles. The number of halogens is 1. The molecule has 1 aromatic carbocycles. The normalized spacial score (nSPS) is 9.69. The first kappa shape index (κ1) is 9.71. The van der Waals surface area contributed by atoms with Crippen LogP contribution in [0.15, 0.2) is 18.2 Å². The molecule has 70 valence electrons. The van der Waals surface area contributed by atoms with E-state index in [2.05, 4.69) is 0 Å². The van der Waals surface area contributed by atoms with E-state index in [1.54, 1.807) is 19.1 Å². The van der Waals surface area contributed by atoms with E-state index in [4.69, 9.17) is 4.74 Å². The van der Waals surface area contributed by atoms with Crippen molar-refractivity contribution in [2.24, 2.45) is 0 Å². The highest BCUT2D eigenvalue weighted by atomic mass is 19.1. The number of aryl methyl sites for hydroxylation is 1. The summed E-state index contributed by atoms with van der Waals surface area (Å²) in [5.74, 6) is 0.175. The van der Waals surface area contributed by atoms with Gasteiger partial charge in [-0.25, -0.2) is 4.39 Å². The van der Waals surface area contributed by atoms with E-state index in [-0.39, 0.29) is 5.82 Å². The van der Waals surface area contributed by atoms with Gasteiger partial charge in [-0.15, -0.1) is 0 Å². The molecule has 1 aromatic rings. The molecule has 3 heteroatoms. The van der Waals surface area contributed by atoms with Gasteiger partial charge < -0.3 is 9.53 Å². The second-order valence-corrected chi connectivity index (χ2v) is 2.71. The Kier molecular flexibility index (Phi) is 3.43. The number of carbonyl (C=O) groups excluding carboxylic acids is 1. The van der Waals surface area contributed by atoms with E-state index >= 15 is 0 Å². The molecule has 0 aromatic heterocycles. The fourth-order valence-electron chi connectivity index (χ4n) is 0.888. The van der Waals surface area contributed by atoms with E-state index in [0.717, 1.165) is 6.29 Å². The molecule has 13 heavy (non-hydrogen) atoms. The number of hydrogen-bond donors (Lipinski definition) is 0. The van der Waals surface area contributed by atoms with Crippen molar-refractivity contribution in [1.29, 1.82) is 0 Å². The molecule has 0 fully saturated rings. The molecule has 0 spiro atoms. The van der Waals surface area contributed by atoms with Crippen molar-refractivity contribution >= 4 is 6.29 Å². The minimum Gasteiger partial charge on any atom is -0.493 e. The minimum absolute atomic E-state index is 0.288. The Morgan fingerprint density at radius 3 is 2.92 bits per heavy atom. The smallest absolute Gasteiger partial charge is 0.129 e. The first-order chi connectivity index (χ1) is 6.24. The van der Waals surface area contributed by atoms with Crippen LogP contribution >= 0.6 is 0 Å². The van der Waals surface area contributed by atoms with Crippen molar-refractivity contribution in [3.8, 4) is 5.75 Å². The zero-order valence-corrected chi connectivity index (χ0v) is 7.42. The van der Waals surface area contributed by atoms with Crippen molar-refractivity contribution in [1.82, 2.24) is 0 Å². The molecule has 2 nitrogen and oxygen atoms in total. The Bertz CT molecular complexity index is 297. The fraction of sp³-hybridized carbons (Fsp3) is 0.300.